The maximum absolute atomic E-state index is 5.75. The number of thiocarbonyl (C=S) groups is 1. The van der Waals surface area contributed by atoms with Gasteiger partial charge in [-0.05, 0) is 36.0 Å². The average Bonchev–Trinajstić information content (AvgIpc) is 1.97. The predicted octanol–water partition coefficient (Wildman–Crippen LogP) is 3.90. The minimum Gasteiger partial charge on any atom is -0.433 e. The molecule has 0 amide bonds. The Kier molecular flexibility index (Phi) is 3.59. The Morgan fingerprint density at radius 2 is 1.75 bits per heavy atom. The van der Waals surface area contributed by atoms with Crippen LogP contribution in [0.1, 0.15) is 0 Å². The topological polar surface area (TPSA) is 9.23 Å². The second-order valence-electron chi connectivity index (χ2n) is 1.89. The molecule has 0 unspecified atom stereocenters. The lowest BCUT2D eigenvalue weighted by Crippen LogP contribution is -1.96. The Morgan fingerprint density at radius 1 is 1.25 bits per heavy atom. The summed E-state index contributed by atoms with van der Waals surface area (Å²) >= 11 is 21.4. The smallest absolute Gasteiger partial charge is 0.261 e. The molecule has 0 atom stereocenters. The highest BCUT2D eigenvalue weighted by atomic mass is 35.5. The third kappa shape index (κ3) is 2.49. The van der Waals surface area contributed by atoms with E-state index in [0.29, 0.717) is 15.8 Å². The highest BCUT2D eigenvalue weighted by Crippen LogP contribution is 2.32. The summed E-state index contributed by atoms with van der Waals surface area (Å²) < 4.78 is 4.77. The second-order valence-corrected chi connectivity index (χ2v) is 3.64. The fourth-order valence-electron chi connectivity index (χ4n) is 0.660. The van der Waals surface area contributed by atoms with Crippen LogP contribution >= 0.6 is 47.0 Å². The van der Waals surface area contributed by atoms with E-state index in [4.69, 9.17) is 39.5 Å². The summed E-state index contributed by atoms with van der Waals surface area (Å²) in [6.07, 6.45) is 0. The lowest BCUT2D eigenvalue weighted by atomic mass is 10.3. The zero-order valence-electron chi connectivity index (χ0n) is 5.68. The minimum absolute atomic E-state index is 0.134. The Balaban J connectivity index is 3.04. The van der Waals surface area contributed by atoms with E-state index in [0.717, 1.165) is 0 Å². The fraction of sp³-hybridized carbons (Fsp3) is 0. The SMILES string of the molecule is S=C(Cl)Oc1c(Cl)cccc1Cl. The number of halogens is 3. The quantitative estimate of drug-likeness (QED) is 0.545. The summed E-state index contributed by atoms with van der Waals surface area (Å²) in [4.78, 5) is 0. The molecule has 0 saturated heterocycles. The van der Waals surface area contributed by atoms with Crippen molar-refractivity contribution in [3.8, 4) is 5.75 Å². The van der Waals surface area contributed by atoms with Crippen LogP contribution in [-0.4, -0.2) is 4.51 Å². The number of para-hydroxylation sites is 1. The molecule has 0 bridgehead atoms. The zero-order chi connectivity index (χ0) is 9.14. The fourth-order valence-corrected chi connectivity index (χ4v) is 1.30. The van der Waals surface area contributed by atoms with Crippen molar-refractivity contribution in [2.45, 2.75) is 0 Å². The standard InChI is InChI=1S/C7H3Cl3OS/c8-4-2-1-3-5(9)6(4)11-7(10)12/h1-3H. The normalized spacial score (nSPS) is 9.58. The third-order valence-corrected chi connectivity index (χ3v) is 1.86. The van der Waals surface area contributed by atoms with Gasteiger partial charge in [0.25, 0.3) is 4.51 Å². The molecule has 1 nitrogen and oxygen atoms in total. The summed E-state index contributed by atoms with van der Waals surface area (Å²) in [6, 6.07) is 4.98. The molecule has 0 aromatic heterocycles. The van der Waals surface area contributed by atoms with Gasteiger partial charge in [-0.25, -0.2) is 0 Å². The second kappa shape index (κ2) is 4.28. The van der Waals surface area contributed by atoms with Gasteiger partial charge in [0.05, 0.1) is 10.0 Å². The van der Waals surface area contributed by atoms with Crippen LogP contribution in [0, 0.1) is 0 Å². The van der Waals surface area contributed by atoms with Crippen molar-refractivity contribution in [1.29, 1.82) is 0 Å². The Hall–Kier alpha value is -0.0200. The van der Waals surface area contributed by atoms with E-state index >= 15 is 0 Å². The zero-order valence-corrected chi connectivity index (χ0v) is 8.77. The van der Waals surface area contributed by atoms with Gasteiger partial charge in [0.2, 0.25) is 0 Å². The molecular weight excluding hydrogens is 239 g/mol. The van der Waals surface area contributed by atoms with Crippen molar-refractivity contribution in [2.24, 2.45) is 0 Å². The van der Waals surface area contributed by atoms with Crippen molar-refractivity contribution >= 4 is 51.5 Å². The molecule has 5 heteroatoms. The first kappa shape index (κ1) is 10.1. The van der Waals surface area contributed by atoms with Gasteiger partial charge < -0.3 is 4.74 Å². The van der Waals surface area contributed by atoms with E-state index in [-0.39, 0.29) is 4.51 Å². The first-order valence-electron chi connectivity index (χ1n) is 2.92. The maximum Gasteiger partial charge on any atom is 0.261 e. The summed E-state index contributed by atoms with van der Waals surface area (Å²) in [5.41, 5.74) is 0. The van der Waals surface area contributed by atoms with E-state index in [2.05, 4.69) is 12.2 Å². The predicted molar refractivity (Wildman–Crippen MR) is 55.5 cm³/mol. The monoisotopic (exact) mass is 240 g/mol. The van der Waals surface area contributed by atoms with Crippen LogP contribution in [0.3, 0.4) is 0 Å². The van der Waals surface area contributed by atoms with Crippen LogP contribution in [0.25, 0.3) is 0 Å². The van der Waals surface area contributed by atoms with E-state index < -0.39 is 0 Å². The van der Waals surface area contributed by atoms with Crippen LogP contribution in [0.4, 0.5) is 0 Å². The first-order valence-corrected chi connectivity index (χ1v) is 4.47. The lowest BCUT2D eigenvalue weighted by Gasteiger charge is -2.05. The van der Waals surface area contributed by atoms with Crippen LogP contribution in [-0.2, 0) is 0 Å². The summed E-state index contributed by atoms with van der Waals surface area (Å²) in [7, 11) is 0. The van der Waals surface area contributed by atoms with Crippen LogP contribution in [0.15, 0.2) is 18.2 Å². The molecule has 64 valence electrons. The van der Waals surface area contributed by atoms with E-state index in [1.165, 1.54) is 0 Å². The average molecular weight is 242 g/mol. The first-order chi connectivity index (χ1) is 5.61. The van der Waals surface area contributed by atoms with Crippen LogP contribution < -0.4 is 4.74 Å². The number of ether oxygens (including phenoxy) is 1. The molecule has 0 aliphatic rings. The molecule has 0 spiro atoms. The van der Waals surface area contributed by atoms with Gasteiger partial charge in [-0.3, -0.25) is 0 Å². The minimum atomic E-state index is -0.134. The summed E-state index contributed by atoms with van der Waals surface area (Å²) in [6.45, 7) is 0. The summed E-state index contributed by atoms with van der Waals surface area (Å²) in [5, 5.41) is 0.760. The molecule has 1 rings (SSSR count). The lowest BCUT2D eigenvalue weighted by molar-refractivity contribution is 0.578. The number of hydrogen-bond acceptors (Lipinski definition) is 2. The van der Waals surface area contributed by atoms with E-state index in [1.54, 1.807) is 18.2 Å². The van der Waals surface area contributed by atoms with Gasteiger partial charge >= 0.3 is 0 Å². The maximum atomic E-state index is 5.75. The van der Waals surface area contributed by atoms with Gasteiger partial charge in [0, 0.05) is 0 Å². The van der Waals surface area contributed by atoms with Gasteiger partial charge in [-0.1, -0.05) is 29.3 Å². The molecule has 0 aliphatic heterocycles. The molecule has 0 saturated carbocycles. The van der Waals surface area contributed by atoms with Crippen molar-refractivity contribution in [3.63, 3.8) is 0 Å². The summed E-state index contributed by atoms with van der Waals surface area (Å²) in [5.74, 6) is 0.292. The van der Waals surface area contributed by atoms with Crippen molar-refractivity contribution in [2.75, 3.05) is 0 Å². The van der Waals surface area contributed by atoms with Crippen LogP contribution in [0.5, 0.6) is 5.75 Å². The molecule has 0 heterocycles. The van der Waals surface area contributed by atoms with Gasteiger partial charge in [-0.2, -0.15) is 0 Å². The van der Waals surface area contributed by atoms with Gasteiger partial charge in [0.1, 0.15) is 0 Å². The highest BCUT2D eigenvalue weighted by molar-refractivity contribution is 7.82. The molecular formula is C7H3Cl3OS. The van der Waals surface area contributed by atoms with Gasteiger partial charge in [0.15, 0.2) is 5.75 Å². The highest BCUT2D eigenvalue weighted by Gasteiger charge is 2.07. The molecule has 0 fully saturated rings. The number of hydrogen-bond donors (Lipinski definition) is 0. The van der Waals surface area contributed by atoms with Crippen molar-refractivity contribution < 1.29 is 4.74 Å². The molecule has 0 radical (unpaired) electrons. The Morgan fingerprint density at radius 3 is 2.17 bits per heavy atom. The van der Waals surface area contributed by atoms with Crippen LogP contribution in [0.2, 0.25) is 10.0 Å². The Labute approximate surface area is 90.2 Å². The molecule has 1 aromatic carbocycles. The Bertz CT molecular complexity index is 293. The van der Waals surface area contributed by atoms with Crippen molar-refractivity contribution in [1.82, 2.24) is 0 Å². The molecule has 12 heavy (non-hydrogen) atoms. The van der Waals surface area contributed by atoms with E-state index in [1.807, 2.05) is 0 Å². The molecule has 1 aromatic rings. The number of rotatable bonds is 1. The third-order valence-electron chi connectivity index (χ3n) is 1.10. The molecule has 0 aliphatic carbocycles. The molecule has 0 N–H and O–H groups in total. The largest absolute Gasteiger partial charge is 0.433 e. The number of benzene rings is 1. The van der Waals surface area contributed by atoms with Crippen molar-refractivity contribution in [3.05, 3.63) is 28.2 Å². The van der Waals surface area contributed by atoms with Gasteiger partial charge in [-0.15, -0.1) is 0 Å². The van der Waals surface area contributed by atoms with E-state index in [9.17, 15) is 0 Å².